The lowest BCUT2D eigenvalue weighted by atomic mass is 10.1. The molecule has 31 heavy (non-hydrogen) atoms. The van der Waals surface area contributed by atoms with Crippen molar-refractivity contribution in [3.05, 3.63) is 65.7 Å². The largest absolute Gasteiger partial charge is 0.447 e. The van der Waals surface area contributed by atoms with Gasteiger partial charge in [-0.15, -0.1) is 0 Å². The van der Waals surface area contributed by atoms with E-state index in [1.54, 1.807) is 41.3 Å². The SMILES string of the molecule is N[C@@H]1CN(C(=O)c2ccccc2)CCN1C(=O)C(=O)c1ccc(N2CCOC2=O)cc1. The minimum absolute atomic E-state index is 0.142. The third-order valence-corrected chi connectivity index (χ3v) is 5.38. The number of nitrogens with zero attached hydrogens (tertiary/aromatic N) is 3. The number of hydrogen-bond acceptors (Lipinski definition) is 6. The van der Waals surface area contributed by atoms with E-state index in [0.29, 0.717) is 24.4 Å². The number of nitrogens with two attached hydrogens (primary N) is 1. The summed E-state index contributed by atoms with van der Waals surface area (Å²) < 4.78 is 4.90. The Labute approximate surface area is 179 Å². The van der Waals surface area contributed by atoms with Crippen LogP contribution in [-0.2, 0) is 9.53 Å². The molecule has 9 heteroatoms. The molecule has 0 spiro atoms. The first-order valence-electron chi connectivity index (χ1n) is 9.95. The fourth-order valence-corrected chi connectivity index (χ4v) is 3.68. The summed E-state index contributed by atoms with van der Waals surface area (Å²) in [6.07, 6.45) is -1.22. The second-order valence-electron chi connectivity index (χ2n) is 7.33. The number of Topliss-reactive ketones (excluding diaryl/α,β-unsaturated/α-hetero) is 1. The molecule has 2 heterocycles. The highest BCUT2D eigenvalue weighted by atomic mass is 16.6. The number of hydrogen-bond donors (Lipinski definition) is 1. The fourth-order valence-electron chi connectivity index (χ4n) is 3.68. The van der Waals surface area contributed by atoms with Crippen molar-refractivity contribution in [1.82, 2.24) is 9.80 Å². The highest BCUT2D eigenvalue weighted by Gasteiger charge is 2.34. The topological polar surface area (TPSA) is 113 Å². The van der Waals surface area contributed by atoms with Gasteiger partial charge in [-0.25, -0.2) is 4.79 Å². The van der Waals surface area contributed by atoms with Crippen molar-refractivity contribution in [1.29, 1.82) is 0 Å². The highest BCUT2D eigenvalue weighted by Crippen LogP contribution is 2.20. The minimum atomic E-state index is -0.781. The van der Waals surface area contributed by atoms with Crippen LogP contribution in [-0.4, -0.2) is 72.4 Å². The summed E-state index contributed by atoms with van der Waals surface area (Å²) in [6, 6.07) is 15.0. The van der Waals surface area contributed by atoms with Crippen molar-refractivity contribution in [3.8, 4) is 0 Å². The number of amides is 3. The van der Waals surface area contributed by atoms with Crippen LogP contribution in [0, 0.1) is 0 Å². The van der Waals surface area contributed by atoms with Gasteiger partial charge in [0.1, 0.15) is 6.61 Å². The Hall–Kier alpha value is -3.72. The molecule has 0 aliphatic carbocycles. The summed E-state index contributed by atoms with van der Waals surface area (Å²) >= 11 is 0. The summed E-state index contributed by atoms with van der Waals surface area (Å²) in [7, 11) is 0. The molecule has 0 aromatic heterocycles. The third kappa shape index (κ3) is 4.13. The molecule has 0 saturated carbocycles. The van der Waals surface area contributed by atoms with Crippen LogP contribution in [0.25, 0.3) is 0 Å². The van der Waals surface area contributed by atoms with Gasteiger partial charge in [0.15, 0.2) is 0 Å². The van der Waals surface area contributed by atoms with Crippen LogP contribution in [0.2, 0.25) is 0 Å². The highest BCUT2D eigenvalue weighted by molar-refractivity contribution is 6.42. The number of ketones is 1. The molecular weight excluding hydrogens is 400 g/mol. The Kier molecular flexibility index (Phi) is 5.68. The summed E-state index contributed by atoms with van der Waals surface area (Å²) in [5.74, 6) is -1.56. The van der Waals surface area contributed by atoms with Gasteiger partial charge in [0.25, 0.3) is 11.8 Å². The maximum Gasteiger partial charge on any atom is 0.414 e. The maximum absolute atomic E-state index is 12.8. The Morgan fingerprint density at radius 2 is 1.61 bits per heavy atom. The summed E-state index contributed by atoms with van der Waals surface area (Å²) in [6.45, 7) is 1.35. The van der Waals surface area contributed by atoms with E-state index in [1.165, 1.54) is 21.9 Å². The van der Waals surface area contributed by atoms with Crippen LogP contribution in [0.4, 0.5) is 10.5 Å². The van der Waals surface area contributed by atoms with E-state index in [-0.39, 0.29) is 31.1 Å². The average Bonchev–Trinajstić information content (AvgIpc) is 3.24. The van der Waals surface area contributed by atoms with E-state index in [9.17, 15) is 19.2 Å². The van der Waals surface area contributed by atoms with Crippen LogP contribution in [0.15, 0.2) is 54.6 Å². The van der Waals surface area contributed by atoms with Gasteiger partial charge in [0.2, 0.25) is 5.78 Å². The minimum Gasteiger partial charge on any atom is -0.447 e. The summed E-state index contributed by atoms with van der Waals surface area (Å²) in [5, 5.41) is 0. The molecule has 2 N–H and O–H groups in total. The first kappa shape index (κ1) is 20.5. The Bertz CT molecular complexity index is 1010. The van der Waals surface area contributed by atoms with Gasteiger partial charge in [0.05, 0.1) is 19.3 Å². The third-order valence-electron chi connectivity index (χ3n) is 5.38. The van der Waals surface area contributed by atoms with Gasteiger partial charge in [-0.2, -0.15) is 0 Å². The molecule has 0 bridgehead atoms. The van der Waals surface area contributed by atoms with Crippen LogP contribution >= 0.6 is 0 Å². The average molecular weight is 422 g/mol. The monoisotopic (exact) mass is 422 g/mol. The molecule has 2 aromatic carbocycles. The zero-order chi connectivity index (χ0) is 22.0. The van der Waals surface area contributed by atoms with Crippen molar-refractivity contribution in [3.63, 3.8) is 0 Å². The lowest BCUT2D eigenvalue weighted by Crippen LogP contribution is -2.61. The van der Waals surface area contributed by atoms with E-state index in [0.717, 1.165) is 0 Å². The van der Waals surface area contributed by atoms with Crippen molar-refractivity contribution in [2.75, 3.05) is 37.7 Å². The zero-order valence-corrected chi connectivity index (χ0v) is 16.8. The second-order valence-corrected chi connectivity index (χ2v) is 7.33. The number of anilines is 1. The van der Waals surface area contributed by atoms with E-state index < -0.39 is 23.9 Å². The van der Waals surface area contributed by atoms with E-state index in [2.05, 4.69) is 0 Å². The number of ether oxygens (including phenoxy) is 1. The van der Waals surface area contributed by atoms with Gasteiger partial charge in [-0.3, -0.25) is 19.3 Å². The number of carbonyl (C=O) groups excluding carboxylic acids is 4. The lowest BCUT2D eigenvalue weighted by molar-refractivity contribution is -0.130. The van der Waals surface area contributed by atoms with E-state index in [1.807, 2.05) is 6.07 Å². The molecule has 160 valence electrons. The van der Waals surface area contributed by atoms with Crippen molar-refractivity contribution < 1.29 is 23.9 Å². The molecule has 9 nitrogen and oxygen atoms in total. The maximum atomic E-state index is 12.8. The molecule has 4 rings (SSSR count). The van der Waals surface area contributed by atoms with Crippen molar-refractivity contribution in [2.45, 2.75) is 6.17 Å². The molecule has 2 aliphatic rings. The standard InChI is InChI=1S/C22H22N4O5/c23-18-14-24(20(28)16-4-2-1-3-5-16)10-11-26(18)21(29)19(27)15-6-8-17(9-7-15)25-12-13-31-22(25)30/h1-9,18H,10-14,23H2/t18-/m0/s1. The van der Waals surface area contributed by atoms with Crippen LogP contribution < -0.4 is 10.6 Å². The van der Waals surface area contributed by atoms with Crippen LogP contribution in [0.3, 0.4) is 0 Å². The molecule has 2 saturated heterocycles. The molecule has 2 aromatic rings. The fraction of sp³-hybridized carbons (Fsp3) is 0.273. The first-order chi connectivity index (χ1) is 15.0. The van der Waals surface area contributed by atoms with Gasteiger partial charge in [-0.05, 0) is 36.4 Å². The quantitative estimate of drug-likeness (QED) is 0.583. The molecular formula is C22H22N4O5. The number of piperazine rings is 1. The molecule has 0 unspecified atom stereocenters. The number of cyclic esters (lactones) is 1. The molecule has 2 aliphatic heterocycles. The summed E-state index contributed by atoms with van der Waals surface area (Å²) in [4.78, 5) is 54.0. The normalized spacial score (nSPS) is 18.7. The zero-order valence-electron chi connectivity index (χ0n) is 16.8. The Balaban J connectivity index is 1.40. The lowest BCUT2D eigenvalue weighted by Gasteiger charge is -2.39. The Morgan fingerprint density at radius 3 is 2.23 bits per heavy atom. The number of carbonyl (C=O) groups is 4. The van der Waals surface area contributed by atoms with Crippen molar-refractivity contribution >= 4 is 29.4 Å². The smallest absolute Gasteiger partial charge is 0.414 e. The van der Waals surface area contributed by atoms with Crippen molar-refractivity contribution in [2.24, 2.45) is 5.73 Å². The van der Waals surface area contributed by atoms with Gasteiger partial charge in [-0.1, -0.05) is 18.2 Å². The van der Waals surface area contributed by atoms with Gasteiger partial charge in [0, 0.05) is 29.9 Å². The van der Waals surface area contributed by atoms with Crippen LogP contribution in [0.1, 0.15) is 20.7 Å². The summed E-state index contributed by atoms with van der Waals surface area (Å²) in [5.41, 5.74) is 7.47. The first-order valence-corrected chi connectivity index (χ1v) is 9.95. The van der Waals surface area contributed by atoms with E-state index in [4.69, 9.17) is 10.5 Å². The molecule has 2 fully saturated rings. The number of benzene rings is 2. The van der Waals surface area contributed by atoms with Gasteiger partial charge < -0.3 is 20.3 Å². The van der Waals surface area contributed by atoms with E-state index >= 15 is 0 Å². The number of rotatable bonds is 4. The molecule has 1 atom stereocenters. The second kappa shape index (κ2) is 8.57. The molecule has 3 amide bonds. The van der Waals surface area contributed by atoms with Crippen LogP contribution in [0.5, 0.6) is 0 Å². The van der Waals surface area contributed by atoms with Gasteiger partial charge >= 0.3 is 6.09 Å². The predicted molar refractivity (Wildman–Crippen MR) is 112 cm³/mol. The Morgan fingerprint density at radius 1 is 0.903 bits per heavy atom. The molecule has 0 radical (unpaired) electrons. The predicted octanol–water partition coefficient (Wildman–Crippen LogP) is 1.10.